The molecule has 48 heavy (non-hydrogen) atoms. The Balaban J connectivity index is 1.13. The zero-order valence-corrected chi connectivity index (χ0v) is 26.1. The summed E-state index contributed by atoms with van der Waals surface area (Å²) in [5.74, 6) is 1.97. The first-order valence-corrected chi connectivity index (χ1v) is 16.2. The van der Waals surface area contributed by atoms with E-state index in [1.807, 2.05) is 60.7 Å². The normalized spacial score (nSPS) is 11.3. The molecular weight excluding hydrogens is 583 g/mol. The maximum absolute atomic E-state index is 4.91. The molecule has 3 nitrogen and oxygen atoms in total. The molecule has 0 amide bonds. The maximum atomic E-state index is 4.91. The van der Waals surface area contributed by atoms with Crippen molar-refractivity contribution in [1.82, 2.24) is 15.0 Å². The molecule has 0 saturated carbocycles. The zero-order valence-electron chi connectivity index (χ0n) is 26.1. The molecule has 3 heteroatoms. The lowest BCUT2D eigenvalue weighted by atomic mass is 9.90. The number of benzene rings is 8. The van der Waals surface area contributed by atoms with Gasteiger partial charge in [0.2, 0.25) is 0 Å². The minimum atomic E-state index is 0.653. The van der Waals surface area contributed by atoms with Gasteiger partial charge in [0.15, 0.2) is 17.5 Å². The molecule has 1 aromatic heterocycles. The largest absolute Gasteiger partial charge is 0.208 e. The zero-order chi connectivity index (χ0) is 31.9. The summed E-state index contributed by atoms with van der Waals surface area (Å²) in [7, 11) is 0. The molecule has 0 radical (unpaired) electrons. The minimum absolute atomic E-state index is 0.653. The molecule has 0 aliphatic heterocycles. The molecule has 1 heterocycles. The van der Waals surface area contributed by atoms with E-state index in [0.717, 1.165) is 22.3 Å². The molecular formula is C45H29N3. The molecule has 0 aliphatic rings. The van der Waals surface area contributed by atoms with Crippen molar-refractivity contribution in [1.29, 1.82) is 0 Å². The molecule has 8 aromatic carbocycles. The molecule has 0 fully saturated rings. The lowest BCUT2D eigenvalue weighted by molar-refractivity contribution is 1.07. The number of fused-ring (bicyclic) bond motifs is 6. The summed E-state index contributed by atoms with van der Waals surface area (Å²) in [5, 5.41) is 7.59. The molecule has 0 saturated heterocycles. The van der Waals surface area contributed by atoms with Crippen molar-refractivity contribution < 1.29 is 0 Å². The summed E-state index contributed by atoms with van der Waals surface area (Å²) in [6.45, 7) is 0. The summed E-state index contributed by atoms with van der Waals surface area (Å²) in [4.78, 5) is 14.7. The van der Waals surface area contributed by atoms with E-state index in [2.05, 4.69) is 115 Å². The Labute approximate surface area is 278 Å². The van der Waals surface area contributed by atoms with Crippen LogP contribution in [0.4, 0.5) is 0 Å². The fraction of sp³-hybridized carbons (Fsp3) is 0. The Hall–Kier alpha value is -6.45. The average Bonchev–Trinajstić information content (AvgIpc) is 3.18. The maximum Gasteiger partial charge on any atom is 0.164 e. The first-order valence-electron chi connectivity index (χ1n) is 16.2. The lowest BCUT2D eigenvalue weighted by Crippen LogP contribution is -2.00. The summed E-state index contributed by atoms with van der Waals surface area (Å²) >= 11 is 0. The molecule has 0 atom stereocenters. The SMILES string of the molecule is c1ccc(-c2ccc3c4ccc(-c5ccc(-c6nc(-c7ccccc7)nc(-c7ccccc7)n6)cc5)cc4c4ccccc4c3c2)cc1. The van der Waals surface area contributed by atoms with Crippen LogP contribution < -0.4 is 0 Å². The monoisotopic (exact) mass is 611 g/mol. The van der Waals surface area contributed by atoms with E-state index in [1.54, 1.807) is 0 Å². The van der Waals surface area contributed by atoms with Crippen LogP contribution in [-0.2, 0) is 0 Å². The number of aromatic nitrogens is 3. The van der Waals surface area contributed by atoms with Crippen molar-refractivity contribution in [2.45, 2.75) is 0 Å². The molecule has 224 valence electrons. The van der Waals surface area contributed by atoms with Crippen molar-refractivity contribution in [3.63, 3.8) is 0 Å². The van der Waals surface area contributed by atoms with Gasteiger partial charge in [-0.25, -0.2) is 15.0 Å². The Bertz CT molecular complexity index is 2500. The van der Waals surface area contributed by atoms with Crippen LogP contribution >= 0.6 is 0 Å². The Morgan fingerprint density at radius 3 is 0.938 bits per heavy atom. The number of hydrogen-bond donors (Lipinski definition) is 0. The summed E-state index contributed by atoms with van der Waals surface area (Å²) in [5.41, 5.74) is 7.64. The Kier molecular flexibility index (Phi) is 6.80. The molecule has 0 spiro atoms. The Morgan fingerprint density at radius 1 is 0.208 bits per heavy atom. The lowest BCUT2D eigenvalue weighted by Gasteiger charge is -2.14. The van der Waals surface area contributed by atoms with Crippen LogP contribution in [0.25, 0.3) is 88.7 Å². The van der Waals surface area contributed by atoms with Crippen LogP contribution in [0.15, 0.2) is 176 Å². The second-order valence-corrected chi connectivity index (χ2v) is 12.0. The molecule has 0 unspecified atom stereocenters. The molecule has 0 bridgehead atoms. The van der Waals surface area contributed by atoms with Crippen molar-refractivity contribution in [3.05, 3.63) is 176 Å². The van der Waals surface area contributed by atoms with Gasteiger partial charge in [-0.05, 0) is 66.7 Å². The highest BCUT2D eigenvalue weighted by Crippen LogP contribution is 2.39. The number of nitrogens with zero attached hydrogens (tertiary/aromatic N) is 3. The van der Waals surface area contributed by atoms with Crippen molar-refractivity contribution in [2.75, 3.05) is 0 Å². The first kappa shape index (κ1) is 27.8. The molecule has 0 N–H and O–H groups in total. The van der Waals surface area contributed by atoms with Gasteiger partial charge in [0.05, 0.1) is 0 Å². The topological polar surface area (TPSA) is 38.7 Å². The third-order valence-corrected chi connectivity index (χ3v) is 9.12. The van der Waals surface area contributed by atoms with E-state index in [9.17, 15) is 0 Å². The second-order valence-electron chi connectivity index (χ2n) is 12.0. The van der Waals surface area contributed by atoms with Gasteiger partial charge in [-0.2, -0.15) is 0 Å². The second kappa shape index (κ2) is 11.7. The smallest absolute Gasteiger partial charge is 0.164 e. The molecule has 9 rings (SSSR count). The van der Waals surface area contributed by atoms with E-state index >= 15 is 0 Å². The van der Waals surface area contributed by atoms with Crippen LogP contribution in [0.2, 0.25) is 0 Å². The first-order chi connectivity index (χ1) is 23.8. The van der Waals surface area contributed by atoms with Gasteiger partial charge in [-0.15, -0.1) is 0 Å². The third kappa shape index (κ3) is 4.99. The van der Waals surface area contributed by atoms with Crippen LogP contribution in [-0.4, -0.2) is 15.0 Å². The van der Waals surface area contributed by atoms with Gasteiger partial charge in [-0.1, -0.05) is 164 Å². The Morgan fingerprint density at radius 2 is 0.500 bits per heavy atom. The fourth-order valence-corrected chi connectivity index (χ4v) is 6.70. The summed E-state index contributed by atoms with van der Waals surface area (Å²) < 4.78 is 0. The van der Waals surface area contributed by atoms with Gasteiger partial charge in [0.25, 0.3) is 0 Å². The van der Waals surface area contributed by atoms with E-state index in [-0.39, 0.29) is 0 Å². The van der Waals surface area contributed by atoms with E-state index in [4.69, 9.17) is 15.0 Å². The van der Waals surface area contributed by atoms with Crippen LogP contribution in [0.1, 0.15) is 0 Å². The van der Waals surface area contributed by atoms with Crippen LogP contribution in [0.3, 0.4) is 0 Å². The highest BCUT2D eigenvalue weighted by Gasteiger charge is 2.14. The average molecular weight is 612 g/mol. The van der Waals surface area contributed by atoms with Gasteiger partial charge >= 0.3 is 0 Å². The van der Waals surface area contributed by atoms with E-state index < -0.39 is 0 Å². The van der Waals surface area contributed by atoms with Gasteiger partial charge in [0.1, 0.15) is 0 Å². The quantitative estimate of drug-likeness (QED) is 0.182. The minimum Gasteiger partial charge on any atom is -0.208 e. The highest BCUT2D eigenvalue weighted by atomic mass is 15.0. The van der Waals surface area contributed by atoms with Gasteiger partial charge in [0, 0.05) is 16.7 Å². The van der Waals surface area contributed by atoms with E-state index in [1.165, 1.54) is 49.0 Å². The van der Waals surface area contributed by atoms with Gasteiger partial charge < -0.3 is 0 Å². The predicted octanol–water partition coefficient (Wildman–Crippen LogP) is 11.7. The summed E-state index contributed by atoms with van der Waals surface area (Å²) in [6.07, 6.45) is 0. The van der Waals surface area contributed by atoms with Crippen LogP contribution in [0.5, 0.6) is 0 Å². The molecule has 0 aliphatic carbocycles. The van der Waals surface area contributed by atoms with Crippen molar-refractivity contribution >= 4 is 32.3 Å². The fourth-order valence-electron chi connectivity index (χ4n) is 6.70. The number of rotatable bonds is 5. The molecule has 9 aromatic rings. The van der Waals surface area contributed by atoms with E-state index in [0.29, 0.717) is 17.5 Å². The number of hydrogen-bond acceptors (Lipinski definition) is 3. The van der Waals surface area contributed by atoms with Gasteiger partial charge in [-0.3, -0.25) is 0 Å². The predicted molar refractivity (Wildman–Crippen MR) is 200 cm³/mol. The summed E-state index contributed by atoms with van der Waals surface area (Å²) in [6, 6.07) is 61.8. The standard InChI is InChI=1S/C45H29N3/c1-4-12-30(13-5-1)35-24-26-39-40-27-25-36(29-42(40)38-19-11-10-18-37(38)41(39)28-35)31-20-22-34(23-21-31)45-47-43(32-14-6-2-7-15-32)46-44(48-45)33-16-8-3-9-17-33/h1-29H. The van der Waals surface area contributed by atoms with Crippen molar-refractivity contribution in [3.8, 4) is 56.4 Å². The van der Waals surface area contributed by atoms with Crippen molar-refractivity contribution in [2.24, 2.45) is 0 Å². The van der Waals surface area contributed by atoms with Crippen LogP contribution in [0, 0.1) is 0 Å². The third-order valence-electron chi connectivity index (χ3n) is 9.12. The highest BCUT2D eigenvalue weighted by molar-refractivity contribution is 6.26.